The van der Waals surface area contributed by atoms with E-state index in [1.807, 2.05) is 19.1 Å². The first-order valence-corrected chi connectivity index (χ1v) is 14.5. The molecular weight excluding hydrogens is 537 g/mol. The summed E-state index contributed by atoms with van der Waals surface area (Å²) in [5.74, 6) is 0.465. The van der Waals surface area contributed by atoms with Gasteiger partial charge in [-0.25, -0.2) is 19.3 Å². The second-order valence-corrected chi connectivity index (χ2v) is 12.0. The molecule has 5 heterocycles. The number of aliphatic hydroxyl groups is 1. The number of ether oxygens (including phenoxy) is 1. The quantitative estimate of drug-likeness (QED) is 0.310. The summed E-state index contributed by atoms with van der Waals surface area (Å²) < 4.78 is 21.5. The van der Waals surface area contributed by atoms with E-state index in [0.717, 1.165) is 36.9 Å². The number of benzene rings is 1. The number of anilines is 1. The average Bonchev–Trinajstić information content (AvgIpc) is 3.56. The summed E-state index contributed by atoms with van der Waals surface area (Å²) in [4.78, 5) is 24.9. The van der Waals surface area contributed by atoms with Gasteiger partial charge in [-0.15, -0.1) is 5.10 Å². The normalized spacial score (nSPS) is 19.7. The van der Waals surface area contributed by atoms with Gasteiger partial charge in [0.15, 0.2) is 11.5 Å². The minimum atomic E-state index is -1.04. The smallest absolute Gasteiger partial charge is 0.318 e. The molecule has 4 aromatic rings. The number of aromatic nitrogens is 4. The Bertz CT molecular complexity index is 1620. The number of hydrogen-bond donors (Lipinski definition) is 2. The highest BCUT2D eigenvalue weighted by atomic mass is 19.1. The zero-order chi connectivity index (χ0) is 28.9. The van der Waals surface area contributed by atoms with E-state index in [9.17, 15) is 14.3 Å². The fourth-order valence-electron chi connectivity index (χ4n) is 6.32. The van der Waals surface area contributed by atoms with Crippen molar-refractivity contribution >= 4 is 17.4 Å². The molecule has 2 amide bonds. The van der Waals surface area contributed by atoms with E-state index < -0.39 is 12.1 Å². The van der Waals surface area contributed by atoms with E-state index in [1.165, 1.54) is 17.8 Å². The number of carbonyl (C=O) groups is 1. The highest BCUT2D eigenvalue weighted by Gasteiger charge is 2.46. The summed E-state index contributed by atoms with van der Waals surface area (Å²) in [7, 11) is 0. The minimum Gasteiger partial charge on any atom is -0.491 e. The molecule has 1 aliphatic carbocycles. The number of aryl methyl sites for hydroxylation is 1. The molecule has 11 heteroatoms. The molecule has 1 atom stereocenters. The zero-order valence-corrected chi connectivity index (χ0v) is 23.5. The summed E-state index contributed by atoms with van der Waals surface area (Å²) in [6.07, 6.45) is 5.87. The van der Waals surface area contributed by atoms with Crippen LogP contribution in [0.5, 0.6) is 5.75 Å². The van der Waals surface area contributed by atoms with Gasteiger partial charge >= 0.3 is 6.03 Å². The Labute approximate surface area is 243 Å². The molecule has 3 fully saturated rings. The molecule has 7 rings (SSSR count). The predicted octanol–water partition coefficient (Wildman–Crippen LogP) is 3.78. The van der Waals surface area contributed by atoms with Crippen molar-refractivity contribution in [2.75, 3.05) is 37.7 Å². The number of piperidine rings is 1. The van der Waals surface area contributed by atoms with E-state index in [4.69, 9.17) is 4.74 Å². The van der Waals surface area contributed by atoms with Gasteiger partial charge in [-0.05, 0) is 55.9 Å². The van der Waals surface area contributed by atoms with Gasteiger partial charge in [0.1, 0.15) is 11.9 Å². The summed E-state index contributed by atoms with van der Waals surface area (Å²) >= 11 is 0. The lowest BCUT2D eigenvalue weighted by atomic mass is 9.88. The van der Waals surface area contributed by atoms with Gasteiger partial charge in [0, 0.05) is 43.0 Å². The van der Waals surface area contributed by atoms with Crippen molar-refractivity contribution < 1.29 is 19.0 Å². The first kappa shape index (κ1) is 26.6. The molecule has 2 aliphatic heterocycles. The molecule has 0 bridgehead atoms. The molecule has 0 radical (unpaired) electrons. The van der Waals surface area contributed by atoms with Crippen LogP contribution in [-0.4, -0.2) is 73.9 Å². The van der Waals surface area contributed by atoms with Crippen molar-refractivity contribution in [3.8, 4) is 5.75 Å². The van der Waals surface area contributed by atoms with Crippen LogP contribution in [0.25, 0.3) is 5.65 Å². The van der Waals surface area contributed by atoms with Gasteiger partial charge in [0.05, 0.1) is 24.9 Å². The number of nitrogens with one attached hydrogen (secondary N) is 1. The Morgan fingerprint density at radius 3 is 2.64 bits per heavy atom. The van der Waals surface area contributed by atoms with Gasteiger partial charge in [0.2, 0.25) is 5.95 Å². The van der Waals surface area contributed by atoms with Crippen molar-refractivity contribution in [1.82, 2.24) is 29.8 Å². The number of β-amino-alcohol motifs (C(OH)–C–C–N with tert-alkyl or cyclic N) is 1. The third-order valence-corrected chi connectivity index (χ3v) is 9.00. The van der Waals surface area contributed by atoms with Crippen molar-refractivity contribution in [3.63, 3.8) is 0 Å². The van der Waals surface area contributed by atoms with E-state index in [0.29, 0.717) is 37.6 Å². The topological polar surface area (TPSA) is 108 Å². The maximum atomic E-state index is 13.6. The van der Waals surface area contributed by atoms with Crippen LogP contribution in [0.15, 0.2) is 60.9 Å². The summed E-state index contributed by atoms with van der Waals surface area (Å²) in [6.45, 7) is 4.48. The first-order chi connectivity index (χ1) is 20.3. The molecule has 2 saturated heterocycles. The SMILES string of the molecule is Cc1cc(OCC2(c3ccccc3)CC2)cn2nc(C(O)CN3CC4(CCN(c5ccnc(F)c5)CC4)NC3=O)nc12. The Kier molecular flexibility index (Phi) is 6.49. The van der Waals surface area contributed by atoms with Crippen molar-refractivity contribution in [3.05, 3.63) is 83.8 Å². The highest BCUT2D eigenvalue weighted by molar-refractivity contribution is 5.78. The lowest BCUT2D eigenvalue weighted by Crippen LogP contribution is -2.52. The third-order valence-electron chi connectivity index (χ3n) is 9.00. The van der Waals surface area contributed by atoms with E-state index in [2.05, 4.69) is 49.5 Å². The zero-order valence-electron chi connectivity index (χ0n) is 23.5. The molecule has 218 valence electrons. The van der Waals surface area contributed by atoms with Crippen LogP contribution in [0.3, 0.4) is 0 Å². The van der Waals surface area contributed by atoms with Gasteiger partial charge in [-0.1, -0.05) is 30.3 Å². The van der Waals surface area contributed by atoms with E-state index in [-0.39, 0.29) is 29.4 Å². The molecule has 1 aromatic carbocycles. The number of aliphatic hydroxyl groups excluding tert-OH is 1. The Hall–Kier alpha value is -4.25. The maximum Gasteiger partial charge on any atom is 0.318 e. The number of carbonyl (C=O) groups excluding carboxylic acids is 1. The monoisotopic (exact) mass is 571 g/mol. The number of urea groups is 1. The van der Waals surface area contributed by atoms with Crippen molar-refractivity contribution in [2.45, 2.75) is 49.7 Å². The molecule has 10 nitrogen and oxygen atoms in total. The number of amides is 2. The number of pyridine rings is 2. The van der Waals surface area contributed by atoms with E-state index in [1.54, 1.807) is 21.7 Å². The molecular formula is C31H34FN7O3. The molecule has 3 aliphatic rings. The maximum absolute atomic E-state index is 13.6. The summed E-state index contributed by atoms with van der Waals surface area (Å²) in [6, 6.07) is 15.4. The standard InChI is InChI=1S/C31H34FN7O3/c1-21-15-24(42-20-30(8-9-30)22-5-3-2-4-6-22)17-39-28(21)34-27(36-39)25(40)18-38-19-31(35-29(38)41)10-13-37(14-11-31)23-7-12-33-26(32)16-23/h2-7,12,15-17,25,40H,8-11,13-14,18-20H2,1H3,(H,35,41). The molecule has 1 unspecified atom stereocenters. The molecule has 42 heavy (non-hydrogen) atoms. The van der Waals surface area contributed by atoms with Gasteiger partial charge in [0.25, 0.3) is 0 Å². The average molecular weight is 572 g/mol. The Morgan fingerprint density at radius 2 is 1.90 bits per heavy atom. The van der Waals surface area contributed by atoms with Crippen LogP contribution in [0.1, 0.15) is 48.7 Å². The van der Waals surface area contributed by atoms with Gasteiger partial charge in [-0.3, -0.25) is 0 Å². The van der Waals surface area contributed by atoms with Crippen LogP contribution >= 0.6 is 0 Å². The molecule has 1 spiro atoms. The van der Waals surface area contributed by atoms with Crippen LogP contribution in [0.2, 0.25) is 0 Å². The molecule has 1 saturated carbocycles. The van der Waals surface area contributed by atoms with E-state index >= 15 is 0 Å². The lowest BCUT2D eigenvalue weighted by Gasteiger charge is -2.39. The third kappa shape index (κ3) is 5.02. The van der Waals surface area contributed by atoms with Crippen LogP contribution in [-0.2, 0) is 5.41 Å². The molecule has 2 N–H and O–H groups in total. The van der Waals surface area contributed by atoms with Gasteiger partial charge in [-0.2, -0.15) is 4.39 Å². The number of halogens is 1. The predicted molar refractivity (Wildman–Crippen MR) is 154 cm³/mol. The summed E-state index contributed by atoms with van der Waals surface area (Å²) in [5, 5.41) is 18.8. The second-order valence-electron chi connectivity index (χ2n) is 12.0. The lowest BCUT2D eigenvalue weighted by molar-refractivity contribution is 0.121. The number of nitrogens with zero attached hydrogens (tertiary/aromatic N) is 6. The number of hydrogen-bond acceptors (Lipinski definition) is 7. The number of rotatable bonds is 8. The molecule has 3 aromatic heterocycles. The first-order valence-electron chi connectivity index (χ1n) is 14.5. The fourth-order valence-corrected chi connectivity index (χ4v) is 6.32. The van der Waals surface area contributed by atoms with Crippen LogP contribution in [0.4, 0.5) is 14.9 Å². The van der Waals surface area contributed by atoms with Crippen LogP contribution in [0, 0.1) is 12.9 Å². The highest BCUT2D eigenvalue weighted by Crippen LogP contribution is 2.48. The second kappa shape index (κ2) is 10.2. The largest absolute Gasteiger partial charge is 0.491 e. The van der Waals surface area contributed by atoms with Crippen molar-refractivity contribution in [1.29, 1.82) is 0 Å². The van der Waals surface area contributed by atoms with Crippen LogP contribution < -0.4 is 15.0 Å². The van der Waals surface area contributed by atoms with Gasteiger partial charge < -0.3 is 25.0 Å². The number of fused-ring (bicyclic) bond motifs is 1. The fraction of sp³-hybridized carbons (Fsp3) is 0.419. The summed E-state index contributed by atoms with van der Waals surface area (Å²) in [5.41, 5.74) is 3.31. The van der Waals surface area contributed by atoms with Crippen molar-refractivity contribution in [2.24, 2.45) is 0 Å². The Balaban J connectivity index is 0.992. The Morgan fingerprint density at radius 1 is 1.12 bits per heavy atom. The minimum absolute atomic E-state index is 0.0646.